The lowest BCUT2D eigenvalue weighted by Crippen LogP contribution is -2.09. The largest absolute Gasteiger partial charge is 0.378 e. The van der Waals surface area contributed by atoms with E-state index in [1.165, 1.54) is 0 Å². The van der Waals surface area contributed by atoms with E-state index in [4.69, 9.17) is 15.1 Å². The van der Waals surface area contributed by atoms with Gasteiger partial charge in [0.05, 0.1) is 17.1 Å². The maximum Gasteiger partial charge on any atom is 0.182 e. The Balaban J connectivity index is 1.82. The lowest BCUT2D eigenvalue weighted by Gasteiger charge is -2.11. The van der Waals surface area contributed by atoms with Gasteiger partial charge in [-0.3, -0.25) is 0 Å². The topological polar surface area (TPSA) is 71.6 Å². The average molecular weight is 373 g/mol. The fourth-order valence-corrected chi connectivity index (χ4v) is 3.23. The van der Waals surface area contributed by atoms with Gasteiger partial charge in [0.15, 0.2) is 11.6 Å². The maximum atomic E-state index is 4.84. The Bertz CT molecular complexity index is 1060. The van der Waals surface area contributed by atoms with Crippen LogP contribution in [-0.2, 0) is 0 Å². The third-order valence-electron chi connectivity index (χ3n) is 4.63. The van der Waals surface area contributed by atoms with Gasteiger partial charge < -0.3 is 4.90 Å². The highest BCUT2D eigenvalue weighted by molar-refractivity contribution is 6.48. The second kappa shape index (κ2) is 6.99. The monoisotopic (exact) mass is 373 g/mol. The van der Waals surface area contributed by atoms with E-state index in [1.807, 2.05) is 37.8 Å². The average Bonchev–Trinajstić information content (AvgIpc) is 3.19. The van der Waals surface area contributed by atoms with Crippen LogP contribution in [-0.4, -0.2) is 45.1 Å². The zero-order valence-corrected chi connectivity index (χ0v) is 16.7. The van der Waals surface area contributed by atoms with Crippen molar-refractivity contribution in [3.05, 3.63) is 54.2 Å². The van der Waals surface area contributed by atoms with Crippen LogP contribution >= 0.6 is 0 Å². The number of benzene rings is 1. The molecule has 1 aliphatic heterocycles. The van der Waals surface area contributed by atoms with E-state index < -0.39 is 0 Å². The smallest absolute Gasteiger partial charge is 0.182 e. The summed E-state index contributed by atoms with van der Waals surface area (Å²) in [5, 5.41) is 4.72. The first kappa shape index (κ1) is 18.0. The van der Waals surface area contributed by atoms with E-state index in [0.29, 0.717) is 5.82 Å². The molecule has 0 radical (unpaired) electrons. The van der Waals surface area contributed by atoms with E-state index in [0.717, 1.165) is 40.0 Å². The molecule has 0 aliphatic carbocycles. The molecule has 4 rings (SSSR count). The molecule has 3 aromatic rings. The summed E-state index contributed by atoms with van der Waals surface area (Å²) in [6.07, 6.45) is 3.46. The molecule has 0 atom stereocenters. The van der Waals surface area contributed by atoms with Crippen molar-refractivity contribution < 1.29 is 0 Å². The van der Waals surface area contributed by atoms with Crippen LogP contribution < -0.4 is 4.90 Å². The van der Waals surface area contributed by atoms with Crippen molar-refractivity contribution >= 4 is 22.8 Å². The van der Waals surface area contributed by atoms with Gasteiger partial charge in [0.25, 0.3) is 0 Å². The molecule has 2 aromatic heterocycles. The molecule has 1 aliphatic rings. The minimum absolute atomic E-state index is 0.218. The van der Waals surface area contributed by atoms with Gasteiger partial charge in [0, 0.05) is 32.2 Å². The molecule has 0 unspecified atom stereocenters. The summed E-state index contributed by atoms with van der Waals surface area (Å²) >= 11 is 0. The van der Waals surface area contributed by atoms with Crippen molar-refractivity contribution in [1.82, 2.24) is 19.6 Å². The van der Waals surface area contributed by atoms with Gasteiger partial charge in [-0.1, -0.05) is 13.8 Å². The van der Waals surface area contributed by atoms with Crippen LogP contribution in [0.2, 0.25) is 0 Å². The summed E-state index contributed by atoms with van der Waals surface area (Å²) in [7, 11) is 4.04. The first-order valence-corrected chi connectivity index (χ1v) is 9.28. The molecule has 1 aromatic carbocycles. The molecule has 0 fully saturated rings. The Hall–Kier alpha value is -3.35. The second-order valence-electron chi connectivity index (χ2n) is 7.26. The molecule has 0 saturated carbocycles. The number of anilines is 1. The van der Waals surface area contributed by atoms with E-state index in [9.17, 15) is 0 Å². The van der Waals surface area contributed by atoms with Crippen LogP contribution in [0.4, 0.5) is 11.4 Å². The zero-order valence-electron chi connectivity index (χ0n) is 16.7. The fourth-order valence-electron chi connectivity index (χ4n) is 3.23. The van der Waals surface area contributed by atoms with Crippen LogP contribution in [0.15, 0.2) is 52.8 Å². The molecule has 7 nitrogen and oxygen atoms in total. The summed E-state index contributed by atoms with van der Waals surface area (Å²) in [4.78, 5) is 20.5. The van der Waals surface area contributed by atoms with Crippen molar-refractivity contribution in [3.8, 4) is 11.5 Å². The Morgan fingerprint density at radius 3 is 2.32 bits per heavy atom. The Kier molecular flexibility index (Phi) is 4.50. The van der Waals surface area contributed by atoms with E-state index >= 15 is 0 Å². The Labute approximate surface area is 164 Å². The first-order chi connectivity index (χ1) is 13.5. The molecule has 3 heterocycles. The number of fused-ring (bicyclic) bond motifs is 1. The summed E-state index contributed by atoms with van der Waals surface area (Å²) in [6, 6.07) is 9.92. The second-order valence-corrected chi connectivity index (χ2v) is 7.26. The van der Waals surface area contributed by atoms with Crippen LogP contribution in [0.5, 0.6) is 0 Å². The predicted octanol–water partition coefficient (Wildman–Crippen LogP) is 3.89. The number of hydrogen-bond acceptors (Lipinski definition) is 6. The maximum absolute atomic E-state index is 4.84. The fraction of sp³-hybridized carbons (Fsp3) is 0.286. The molecular formula is C21H23N7. The molecule has 0 bridgehead atoms. The van der Waals surface area contributed by atoms with Crippen LogP contribution in [0.3, 0.4) is 0 Å². The van der Waals surface area contributed by atoms with Gasteiger partial charge in [0.1, 0.15) is 11.4 Å². The lowest BCUT2D eigenvalue weighted by molar-refractivity contribution is 0.730. The van der Waals surface area contributed by atoms with Gasteiger partial charge in [0.2, 0.25) is 0 Å². The van der Waals surface area contributed by atoms with Gasteiger partial charge >= 0.3 is 0 Å². The molecular weight excluding hydrogens is 350 g/mol. The predicted molar refractivity (Wildman–Crippen MR) is 113 cm³/mol. The summed E-state index contributed by atoms with van der Waals surface area (Å²) < 4.78 is 1.89. The molecule has 142 valence electrons. The highest BCUT2D eigenvalue weighted by atomic mass is 15.4. The minimum Gasteiger partial charge on any atom is -0.378 e. The molecule has 0 N–H and O–H groups in total. The van der Waals surface area contributed by atoms with Crippen molar-refractivity contribution in [2.24, 2.45) is 10.1 Å². The van der Waals surface area contributed by atoms with E-state index in [2.05, 4.69) is 40.8 Å². The third kappa shape index (κ3) is 3.09. The van der Waals surface area contributed by atoms with Crippen molar-refractivity contribution in [2.45, 2.75) is 26.7 Å². The van der Waals surface area contributed by atoms with Crippen molar-refractivity contribution in [2.75, 3.05) is 19.0 Å². The highest BCUT2D eigenvalue weighted by Crippen LogP contribution is 2.31. The van der Waals surface area contributed by atoms with Crippen molar-refractivity contribution in [1.29, 1.82) is 0 Å². The Morgan fingerprint density at radius 2 is 1.71 bits per heavy atom. The normalized spacial score (nSPS) is 14.5. The third-order valence-corrected chi connectivity index (χ3v) is 4.63. The molecule has 0 spiro atoms. The number of hydrogen-bond donors (Lipinski definition) is 0. The van der Waals surface area contributed by atoms with E-state index in [-0.39, 0.29) is 5.92 Å². The molecule has 0 saturated heterocycles. The minimum atomic E-state index is 0.218. The molecule has 0 amide bonds. The number of aliphatic imine (C=N–C) groups is 1. The number of nitrogens with zero attached hydrogens (tertiary/aromatic N) is 7. The molecule has 7 heteroatoms. The van der Waals surface area contributed by atoms with E-state index in [1.54, 1.807) is 18.5 Å². The van der Waals surface area contributed by atoms with Gasteiger partial charge in [-0.15, -0.1) is 0 Å². The van der Waals surface area contributed by atoms with Gasteiger partial charge in [-0.25, -0.2) is 24.6 Å². The van der Waals surface area contributed by atoms with Crippen LogP contribution in [0, 0.1) is 0 Å². The Morgan fingerprint density at radius 1 is 1.04 bits per heavy atom. The zero-order chi connectivity index (χ0) is 19.8. The summed E-state index contributed by atoms with van der Waals surface area (Å²) in [6.45, 7) is 6.21. The SMILES string of the molecule is CC1=Nn2c(nc(-c3ncccn3)c2C(C)C)/C1=N\c1ccc(N(C)C)cc1. The van der Waals surface area contributed by atoms with Crippen LogP contribution in [0.1, 0.15) is 38.2 Å². The summed E-state index contributed by atoms with van der Waals surface area (Å²) in [5.41, 5.74) is 5.39. The quantitative estimate of drug-likeness (QED) is 0.696. The van der Waals surface area contributed by atoms with Gasteiger partial charge in [-0.2, -0.15) is 5.10 Å². The lowest BCUT2D eigenvalue weighted by atomic mass is 10.1. The van der Waals surface area contributed by atoms with Crippen LogP contribution in [0.25, 0.3) is 11.5 Å². The summed E-state index contributed by atoms with van der Waals surface area (Å²) in [5.74, 6) is 1.56. The highest BCUT2D eigenvalue weighted by Gasteiger charge is 2.30. The standard InChI is InChI=1S/C21H23N7/c1-13(2)19-18(20-22-11-6-12-23-20)25-21-17(14(3)26-28(19)21)24-15-7-9-16(10-8-15)27(4)5/h6-13H,1-5H3/b24-17-. The number of imidazole rings is 1. The first-order valence-electron chi connectivity index (χ1n) is 9.28. The molecule has 28 heavy (non-hydrogen) atoms. The van der Waals surface area contributed by atoms with Crippen molar-refractivity contribution in [3.63, 3.8) is 0 Å². The number of aromatic nitrogens is 4. The van der Waals surface area contributed by atoms with Gasteiger partial charge in [-0.05, 0) is 43.2 Å². The number of rotatable bonds is 4.